The Labute approximate surface area is 101 Å². The van der Waals surface area contributed by atoms with Crippen LogP contribution < -0.4 is 0 Å². The molecule has 0 saturated heterocycles. The SMILES string of the molecule is CC/C(C)=C/C(=C(/O)CC(C)(C)C)C(C)C. The number of hydrogen-bond acceptors (Lipinski definition) is 1. The van der Waals surface area contributed by atoms with E-state index in [4.69, 9.17) is 0 Å². The van der Waals surface area contributed by atoms with Gasteiger partial charge in [0.15, 0.2) is 0 Å². The molecule has 0 amide bonds. The predicted octanol–water partition coefficient (Wildman–Crippen LogP) is 5.25. The molecule has 16 heavy (non-hydrogen) atoms. The molecule has 0 aliphatic heterocycles. The molecule has 0 unspecified atom stereocenters. The number of hydrogen-bond donors (Lipinski definition) is 1. The molecule has 94 valence electrons. The summed E-state index contributed by atoms with van der Waals surface area (Å²) in [7, 11) is 0. The summed E-state index contributed by atoms with van der Waals surface area (Å²) in [5.74, 6) is 0.930. The molecule has 1 heteroatoms. The Kier molecular flexibility index (Phi) is 5.85. The first kappa shape index (κ1) is 15.3. The molecule has 1 N–H and O–H groups in total. The third-order valence-electron chi connectivity index (χ3n) is 2.61. The zero-order valence-electron chi connectivity index (χ0n) is 12.0. The molecular formula is C15H28O. The standard InChI is InChI=1S/C15H28O/c1-8-12(4)9-13(11(2)3)14(16)10-15(5,6)7/h9,11,16H,8,10H2,1-7H3/b12-9+,14-13-. The second-order valence-corrected chi connectivity index (χ2v) is 6.14. The zero-order chi connectivity index (χ0) is 12.9. The van der Waals surface area contributed by atoms with Gasteiger partial charge in [-0.15, -0.1) is 0 Å². The molecule has 0 aliphatic rings. The van der Waals surface area contributed by atoms with Crippen molar-refractivity contribution < 1.29 is 5.11 Å². The summed E-state index contributed by atoms with van der Waals surface area (Å²) in [5.41, 5.74) is 2.55. The van der Waals surface area contributed by atoms with Crippen molar-refractivity contribution in [2.75, 3.05) is 0 Å². The molecule has 0 aromatic heterocycles. The average Bonchev–Trinajstić information content (AvgIpc) is 2.09. The molecule has 0 fully saturated rings. The van der Waals surface area contributed by atoms with Crippen LogP contribution in [0.5, 0.6) is 0 Å². The molecule has 0 spiro atoms. The lowest BCUT2D eigenvalue weighted by molar-refractivity contribution is 0.297. The summed E-state index contributed by atoms with van der Waals surface area (Å²) in [5, 5.41) is 10.2. The fourth-order valence-electron chi connectivity index (χ4n) is 1.56. The normalized spacial score (nSPS) is 15.4. The van der Waals surface area contributed by atoms with E-state index in [2.05, 4.69) is 54.5 Å². The minimum atomic E-state index is 0.137. The van der Waals surface area contributed by atoms with Gasteiger partial charge < -0.3 is 5.11 Å². The van der Waals surface area contributed by atoms with Gasteiger partial charge in [-0.05, 0) is 30.3 Å². The zero-order valence-corrected chi connectivity index (χ0v) is 12.0. The van der Waals surface area contributed by atoms with Crippen molar-refractivity contribution in [3.8, 4) is 0 Å². The smallest absolute Gasteiger partial charge is 0.0962 e. The topological polar surface area (TPSA) is 20.2 Å². The minimum Gasteiger partial charge on any atom is -0.512 e. The van der Waals surface area contributed by atoms with Crippen LogP contribution in [-0.4, -0.2) is 5.11 Å². The molecule has 0 saturated carbocycles. The molecule has 1 nitrogen and oxygen atoms in total. The summed E-state index contributed by atoms with van der Waals surface area (Å²) in [6.45, 7) is 15.0. The minimum absolute atomic E-state index is 0.137. The van der Waals surface area contributed by atoms with Gasteiger partial charge in [-0.1, -0.05) is 53.2 Å². The number of allylic oxidation sites excluding steroid dienone is 4. The van der Waals surface area contributed by atoms with Crippen molar-refractivity contribution in [1.82, 2.24) is 0 Å². The van der Waals surface area contributed by atoms with Crippen LogP contribution >= 0.6 is 0 Å². The molecule has 0 rings (SSSR count). The van der Waals surface area contributed by atoms with Gasteiger partial charge in [0.05, 0.1) is 5.76 Å². The number of aliphatic hydroxyl groups excluding tert-OH is 1. The van der Waals surface area contributed by atoms with Gasteiger partial charge in [0.25, 0.3) is 0 Å². The fraction of sp³-hybridized carbons (Fsp3) is 0.733. The monoisotopic (exact) mass is 224 g/mol. The quantitative estimate of drug-likeness (QED) is 0.511. The van der Waals surface area contributed by atoms with Crippen LogP contribution in [0.3, 0.4) is 0 Å². The van der Waals surface area contributed by atoms with E-state index < -0.39 is 0 Å². The molecule has 0 bridgehead atoms. The predicted molar refractivity (Wildman–Crippen MR) is 72.6 cm³/mol. The van der Waals surface area contributed by atoms with Gasteiger partial charge in [-0.25, -0.2) is 0 Å². The van der Waals surface area contributed by atoms with Gasteiger partial charge >= 0.3 is 0 Å². The first-order valence-corrected chi connectivity index (χ1v) is 6.26. The first-order valence-electron chi connectivity index (χ1n) is 6.26. The molecule has 0 aromatic rings. The highest BCUT2D eigenvalue weighted by Gasteiger charge is 2.16. The van der Waals surface area contributed by atoms with E-state index in [0.717, 1.165) is 18.4 Å². The maximum Gasteiger partial charge on any atom is 0.0962 e. The molecule has 0 atom stereocenters. The van der Waals surface area contributed by atoms with E-state index >= 15 is 0 Å². The molecule has 0 radical (unpaired) electrons. The van der Waals surface area contributed by atoms with Gasteiger partial charge in [0.2, 0.25) is 0 Å². The van der Waals surface area contributed by atoms with Crippen LogP contribution in [0.15, 0.2) is 23.0 Å². The Morgan fingerprint density at radius 2 is 1.75 bits per heavy atom. The Bertz CT molecular complexity index is 274. The highest BCUT2D eigenvalue weighted by Crippen LogP contribution is 2.28. The number of aliphatic hydroxyl groups is 1. The van der Waals surface area contributed by atoms with Crippen LogP contribution in [0.4, 0.5) is 0 Å². The van der Waals surface area contributed by atoms with E-state index in [1.165, 1.54) is 5.57 Å². The van der Waals surface area contributed by atoms with Gasteiger partial charge in [-0.3, -0.25) is 0 Å². The molecular weight excluding hydrogens is 196 g/mol. The second kappa shape index (κ2) is 6.12. The van der Waals surface area contributed by atoms with Gasteiger partial charge in [0, 0.05) is 6.42 Å². The Balaban J connectivity index is 5.10. The third-order valence-corrected chi connectivity index (χ3v) is 2.61. The van der Waals surface area contributed by atoms with Crippen molar-refractivity contribution in [2.24, 2.45) is 11.3 Å². The van der Waals surface area contributed by atoms with Gasteiger partial charge in [0.1, 0.15) is 0 Å². The fourth-order valence-corrected chi connectivity index (χ4v) is 1.56. The third kappa shape index (κ3) is 5.99. The average molecular weight is 224 g/mol. The van der Waals surface area contributed by atoms with Crippen molar-refractivity contribution in [3.63, 3.8) is 0 Å². The lowest BCUT2D eigenvalue weighted by Crippen LogP contribution is -2.09. The molecule has 0 aromatic carbocycles. The summed E-state index contributed by atoms with van der Waals surface area (Å²) in [6, 6.07) is 0. The summed E-state index contributed by atoms with van der Waals surface area (Å²) >= 11 is 0. The van der Waals surface area contributed by atoms with E-state index in [0.29, 0.717) is 11.7 Å². The largest absolute Gasteiger partial charge is 0.512 e. The Hall–Kier alpha value is -0.720. The lowest BCUT2D eigenvalue weighted by atomic mass is 9.87. The van der Waals surface area contributed by atoms with Crippen LogP contribution in [-0.2, 0) is 0 Å². The molecule has 0 heterocycles. The van der Waals surface area contributed by atoms with Crippen molar-refractivity contribution in [1.29, 1.82) is 0 Å². The van der Waals surface area contributed by atoms with Gasteiger partial charge in [-0.2, -0.15) is 0 Å². The maximum absolute atomic E-state index is 10.2. The highest BCUT2D eigenvalue weighted by molar-refractivity contribution is 5.27. The van der Waals surface area contributed by atoms with Crippen molar-refractivity contribution in [2.45, 2.75) is 61.3 Å². The van der Waals surface area contributed by atoms with Crippen molar-refractivity contribution >= 4 is 0 Å². The molecule has 0 aliphatic carbocycles. The lowest BCUT2D eigenvalue weighted by Gasteiger charge is -2.20. The van der Waals surface area contributed by atoms with Crippen LogP contribution in [0, 0.1) is 11.3 Å². The maximum atomic E-state index is 10.2. The summed E-state index contributed by atoms with van der Waals surface area (Å²) < 4.78 is 0. The van der Waals surface area contributed by atoms with E-state index in [9.17, 15) is 5.11 Å². The van der Waals surface area contributed by atoms with Crippen LogP contribution in [0.25, 0.3) is 0 Å². The highest BCUT2D eigenvalue weighted by atomic mass is 16.3. The van der Waals surface area contributed by atoms with Crippen LogP contribution in [0.1, 0.15) is 61.3 Å². The second-order valence-electron chi connectivity index (χ2n) is 6.14. The van der Waals surface area contributed by atoms with E-state index in [1.54, 1.807) is 0 Å². The van der Waals surface area contributed by atoms with E-state index in [-0.39, 0.29) is 5.41 Å². The Morgan fingerprint density at radius 1 is 1.25 bits per heavy atom. The van der Waals surface area contributed by atoms with E-state index in [1.807, 2.05) is 0 Å². The summed E-state index contributed by atoms with van der Waals surface area (Å²) in [6.07, 6.45) is 3.93. The summed E-state index contributed by atoms with van der Waals surface area (Å²) in [4.78, 5) is 0. The Morgan fingerprint density at radius 3 is 2.06 bits per heavy atom. The number of rotatable bonds is 4. The van der Waals surface area contributed by atoms with Crippen molar-refractivity contribution in [3.05, 3.63) is 23.0 Å². The first-order chi connectivity index (χ1) is 7.17. The van der Waals surface area contributed by atoms with Crippen LogP contribution in [0.2, 0.25) is 0 Å².